The van der Waals surface area contributed by atoms with Crippen molar-refractivity contribution >= 4 is 28.7 Å². The van der Waals surface area contributed by atoms with E-state index in [4.69, 9.17) is 18.9 Å². The molecule has 8 heteroatoms. The molecule has 0 saturated heterocycles. The molecule has 0 fully saturated rings. The molecular formula is C18H22N2O5S. The van der Waals surface area contributed by atoms with Gasteiger partial charge >= 0.3 is 5.97 Å². The van der Waals surface area contributed by atoms with Gasteiger partial charge in [0.05, 0.1) is 39.8 Å². The lowest BCUT2D eigenvalue weighted by Gasteiger charge is -2.15. The van der Waals surface area contributed by atoms with Crippen LogP contribution in [-0.4, -0.2) is 40.1 Å². The number of nitrogens with zero attached hydrogens (tertiary/aromatic N) is 1. The molecular weight excluding hydrogens is 356 g/mol. The van der Waals surface area contributed by atoms with Crippen molar-refractivity contribution < 1.29 is 23.7 Å². The molecule has 140 valence electrons. The second kappa shape index (κ2) is 8.57. The lowest BCUT2D eigenvalue weighted by atomic mass is 10.1. The maximum absolute atomic E-state index is 11.9. The highest BCUT2D eigenvalue weighted by atomic mass is 32.1. The Balaban J connectivity index is 2.40. The van der Waals surface area contributed by atoms with Crippen molar-refractivity contribution in [3.63, 3.8) is 0 Å². The van der Waals surface area contributed by atoms with Gasteiger partial charge in [-0.15, -0.1) is 11.3 Å². The normalized spacial score (nSPS) is 11.1. The van der Waals surface area contributed by atoms with Gasteiger partial charge in [0.2, 0.25) is 5.75 Å². The number of carbonyl (C=O) groups is 1. The third-order valence-corrected chi connectivity index (χ3v) is 4.85. The maximum atomic E-state index is 11.9. The van der Waals surface area contributed by atoms with Gasteiger partial charge < -0.3 is 18.9 Å². The van der Waals surface area contributed by atoms with E-state index in [0.717, 1.165) is 11.1 Å². The second-order valence-corrected chi connectivity index (χ2v) is 6.18. The SMILES string of the molecule is COC(=O)c1scc(C)c1NN=C(C)c1ccc(OC)c(OC)c1OC. The van der Waals surface area contributed by atoms with Crippen molar-refractivity contribution in [2.24, 2.45) is 5.10 Å². The van der Waals surface area contributed by atoms with Crippen LogP contribution in [0.4, 0.5) is 5.69 Å². The van der Waals surface area contributed by atoms with Crippen LogP contribution >= 0.6 is 11.3 Å². The number of rotatable bonds is 7. The molecule has 0 atom stereocenters. The van der Waals surface area contributed by atoms with E-state index in [0.29, 0.717) is 33.5 Å². The number of methoxy groups -OCH3 is 4. The average Bonchev–Trinajstić information content (AvgIpc) is 3.04. The molecule has 0 aliphatic heterocycles. The first kappa shape index (κ1) is 19.6. The summed E-state index contributed by atoms with van der Waals surface area (Å²) in [5.74, 6) is 1.17. The highest BCUT2D eigenvalue weighted by Crippen LogP contribution is 2.40. The van der Waals surface area contributed by atoms with Gasteiger partial charge in [-0.1, -0.05) is 0 Å². The van der Waals surface area contributed by atoms with Crippen molar-refractivity contribution in [1.82, 2.24) is 0 Å². The first-order valence-corrected chi connectivity index (χ1v) is 8.62. The molecule has 1 aromatic heterocycles. The number of hydrogen-bond donors (Lipinski definition) is 1. The van der Waals surface area contributed by atoms with Gasteiger partial charge in [-0.05, 0) is 36.9 Å². The third kappa shape index (κ3) is 3.75. The summed E-state index contributed by atoms with van der Waals surface area (Å²) < 4.78 is 21.0. The fourth-order valence-electron chi connectivity index (χ4n) is 2.41. The van der Waals surface area contributed by atoms with E-state index < -0.39 is 5.97 Å². The third-order valence-electron chi connectivity index (χ3n) is 3.78. The molecule has 0 aliphatic rings. The molecule has 0 amide bonds. The van der Waals surface area contributed by atoms with Crippen LogP contribution in [0.2, 0.25) is 0 Å². The van der Waals surface area contributed by atoms with E-state index in [-0.39, 0.29) is 0 Å². The summed E-state index contributed by atoms with van der Waals surface area (Å²) in [6, 6.07) is 3.62. The molecule has 0 saturated carbocycles. The summed E-state index contributed by atoms with van der Waals surface area (Å²) in [6.07, 6.45) is 0. The van der Waals surface area contributed by atoms with Crippen molar-refractivity contribution in [2.45, 2.75) is 13.8 Å². The van der Waals surface area contributed by atoms with Crippen molar-refractivity contribution in [3.8, 4) is 17.2 Å². The van der Waals surface area contributed by atoms with Gasteiger partial charge in [0, 0.05) is 5.56 Å². The van der Waals surface area contributed by atoms with E-state index in [9.17, 15) is 4.79 Å². The standard InChI is InChI=1S/C18H22N2O5S/c1-10-9-26-17(18(21)25-6)14(10)20-19-11(2)12-7-8-13(22-3)16(24-5)15(12)23-4/h7-9,20H,1-6H3. The number of carbonyl (C=O) groups excluding carboxylic acids is 1. The number of benzene rings is 1. The number of ether oxygens (including phenoxy) is 4. The van der Waals surface area contributed by atoms with Gasteiger partial charge in [-0.25, -0.2) is 4.79 Å². The van der Waals surface area contributed by atoms with Gasteiger partial charge in [-0.2, -0.15) is 5.10 Å². The molecule has 0 bridgehead atoms. The average molecular weight is 378 g/mol. The molecule has 0 radical (unpaired) electrons. The second-order valence-electron chi connectivity index (χ2n) is 5.31. The smallest absolute Gasteiger partial charge is 0.350 e. The number of aryl methyl sites for hydroxylation is 1. The minimum Gasteiger partial charge on any atom is -0.493 e. The van der Waals surface area contributed by atoms with Crippen LogP contribution < -0.4 is 19.6 Å². The monoisotopic (exact) mass is 378 g/mol. The number of hydrazone groups is 1. The van der Waals surface area contributed by atoms with Gasteiger partial charge in [-0.3, -0.25) is 5.43 Å². The van der Waals surface area contributed by atoms with E-state index in [1.54, 1.807) is 27.4 Å². The Kier molecular flexibility index (Phi) is 6.46. The van der Waals surface area contributed by atoms with Crippen LogP contribution in [0.3, 0.4) is 0 Å². The molecule has 2 aromatic rings. The zero-order chi connectivity index (χ0) is 19.3. The predicted molar refractivity (Wildman–Crippen MR) is 102 cm³/mol. The van der Waals surface area contributed by atoms with Crippen molar-refractivity contribution in [2.75, 3.05) is 33.9 Å². The van der Waals surface area contributed by atoms with Crippen LogP contribution in [0.5, 0.6) is 17.2 Å². The topological polar surface area (TPSA) is 78.4 Å². The fraction of sp³-hybridized carbons (Fsp3) is 0.333. The Hall–Kier alpha value is -2.74. The molecule has 0 spiro atoms. The summed E-state index contributed by atoms with van der Waals surface area (Å²) in [7, 11) is 6.02. The Morgan fingerprint density at radius 3 is 2.35 bits per heavy atom. The fourth-order valence-corrected chi connectivity index (χ4v) is 3.33. The molecule has 2 rings (SSSR count). The Morgan fingerprint density at radius 1 is 1.08 bits per heavy atom. The van der Waals surface area contributed by atoms with E-state index in [1.165, 1.54) is 18.4 Å². The number of hydrogen-bond acceptors (Lipinski definition) is 8. The minimum atomic E-state index is -0.401. The van der Waals surface area contributed by atoms with E-state index in [1.807, 2.05) is 25.3 Å². The quantitative estimate of drug-likeness (QED) is 0.450. The minimum absolute atomic E-state index is 0.401. The van der Waals surface area contributed by atoms with Crippen LogP contribution in [0, 0.1) is 6.92 Å². The highest BCUT2D eigenvalue weighted by Gasteiger charge is 2.19. The van der Waals surface area contributed by atoms with Gasteiger partial charge in [0.1, 0.15) is 4.88 Å². The van der Waals surface area contributed by atoms with Crippen molar-refractivity contribution in [3.05, 3.63) is 33.5 Å². The number of anilines is 1. The first-order valence-electron chi connectivity index (χ1n) is 7.74. The van der Waals surface area contributed by atoms with Crippen molar-refractivity contribution in [1.29, 1.82) is 0 Å². The number of nitrogens with one attached hydrogen (secondary N) is 1. The Bertz CT molecular complexity index is 829. The lowest BCUT2D eigenvalue weighted by Crippen LogP contribution is -2.07. The van der Waals surface area contributed by atoms with Crippen LogP contribution in [0.25, 0.3) is 0 Å². The zero-order valence-electron chi connectivity index (χ0n) is 15.6. The van der Waals surface area contributed by atoms with Crippen LogP contribution in [0.15, 0.2) is 22.6 Å². The Labute approximate surface area is 156 Å². The number of esters is 1. The van der Waals surface area contributed by atoms with Crippen LogP contribution in [0.1, 0.15) is 27.7 Å². The Morgan fingerprint density at radius 2 is 1.77 bits per heavy atom. The number of thiophene rings is 1. The predicted octanol–water partition coefficient (Wildman–Crippen LogP) is 3.71. The summed E-state index contributed by atoms with van der Waals surface area (Å²) in [5, 5.41) is 6.28. The molecule has 0 aliphatic carbocycles. The summed E-state index contributed by atoms with van der Waals surface area (Å²) >= 11 is 1.31. The summed E-state index contributed by atoms with van der Waals surface area (Å²) in [5.41, 5.74) is 5.89. The molecule has 1 aromatic carbocycles. The van der Waals surface area contributed by atoms with E-state index >= 15 is 0 Å². The summed E-state index contributed by atoms with van der Waals surface area (Å²) in [6.45, 7) is 3.73. The molecule has 26 heavy (non-hydrogen) atoms. The van der Waals surface area contributed by atoms with Gasteiger partial charge in [0.15, 0.2) is 11.5 Å². The maximum Gasteiger partial charge on any atom is 0.350 e. The molecule has 1 N–H and O–H groups in total. The first-order chi connectivity index (χ1) is 12.5. The van der Waals surface area contributed by atoms with Gasteiger partial charge in [0.25, 0.3) is 0 Å². The zero-order valence-corrected chi connectivity index (χ0v) is 16.4. The molecule has 0 unspecified atom stereocenters. The van der Waals surface area contributed by atoms with Crippen LogP contribution in [-0.2, 0) is 4.74 Å². The molecule has 7 nitrogen and oxygen atoms in total. The largest absolute Gasteiger partial charge is 0.493 e. The highest BCUT2D eigenvalue weighted by molar-refractivity contribution is 7.12. The summed E-state index contributed by atoms with van der Waals surface area (Å²) in [4.78, 5) is 12.3. The lowest BCUT2D eigenvalue weighted by molar-refractivity contribution is 0.0607. The van der Waals surface area contributed by atoms with E-state index in [2.05, 4.69) is 10.5 Å². The molecule has 1 heterocycles.